The van der Waals surface area contributed by atoms with Gasteiger partial charge in [0.15, 0.2) is 0 Å². The quantitative estimate of drug-likeness (QED) is 0.915. The second-order valence-electron chi connectivity index (χ2n) is 6.26. The molecule has 22 heavy (non-hydrogen) atoms. The van der Waals surface area contributed by atoms with E-state index in [2.05, 4.69) is 4.90 Å². The minimum Gasteiger partial charge on any atom is -0.388 e. The third-order valence-corrected chi connectivity index (χ3v) is 4.79. The molecule has 0 radical (unpaired) electrons. The molecule has 0 saturated carbocycles. The lowest BCUT2D eigenvalue weighted by atomic mass is 9.72. The zero-order chi connectivity index (χ0) is 15.6. The Morgan fingerprint density at radius 3 is 2.27 bits per heavy atom. The smallest absolute Gasteiger partial charge is 0.0977 e. The van der Waals surface area contributed by atoms with Crippen molar-refractivity contribution in [3.05, 3.63) is 71.8 Å². The molecule has 1 aliphatic rings. The molecule has 1 heterocycles. The van der Waals surface area contributed by atoms with Gasteiger partial charge < -0.3 is 15.1 Å². The first-order valence-electron chi connectivity index (χ1n) is 7.81. The van der Waals surface area contributed by atoms with Crippen LogP contribution in [0.1, 0.15) is 23.7 Å². The maximum Gasteiger partial charge on any atom is 0.0977 e. The van der Waals surface area contributed by atoms with Crippen LogP contribution in [0.25, 0.3) is 0 Å². The lowest BCUT2D eigenvalue weighted by molar-refractivity contribution is -0.118. The highest BCUT2D eigenvalue weighted by Gasteiger charge is 2.45. The van der Waals surface area contributed by atoms with Crippen LogP contribution < -0.4 is 0 Å². The molecule has 1 fully saturated rings. The number of hydrogen-bond acceptors (Lipinski definition) is 3. The van der Waals surface area contributed by atoms with Crippen LogP contribution >= 0.6 is 0 Å². The predicted octanol–water partition coefficient (Wildman–Crippen LogP) is 2.56. The molecule has 116 valence electrons. The van der Waals surface area contributed by atoms with Gasteiger partial charge >= 0.3 is 0 Å². The van der Waals surface area contributed by atoms with E-state index in [1.54, 1.807) is 0 Å². The summed E-state index contributed by atoms with van der Waals surface area (Å²) in [5.41, 5.74) is 0.753. The predicted molar refractivity (Wildman–Crippen MR) is 87.3 cm³/mol. The zero-order valence-corrected chi connectivity index (χ0v) is 12.9. The first-order chi connectivity index (χ1) is 10.6. The topological polar surface area (TPSA) is 43.7 Å². The second kappa shape index (κ2) is 6.21. The standard InChI is InChI=1S/C19H23NO2/c1-20-13-12-19(22,16-10-6-3-7-11-16)17(14-20)18(21)15-8-4-2-5-9-15/h2-11,17-18,21-22H,12-14H2,1H3/t17-,18+,19+/m0/s1. The molecule has 3 atom stereocenters. The van der Waals surface area contributed by atoms with E-state index in [0.717, 1.165) is 17.7 Å². The zero-order valence-electron chi connectivity index (χ0n) is 12.9. The number of likely N-dealkylation sites (tertiary alicyclic amines) is 1. The summed E-state index contributed by atoms with van der Waals surface area (Å²) < 4.78 is 0. The van der Waals surface area contributed by atoms with E-state index in [4.69, 9.17) is 0 Å². The number of aliphatic hydroxyl groups is 2. The van der Waals surface area contributed by atoms with Gasteiger partial charge in [-0.3, -0.25) is 0 Å². The number of nitrogens with zero attached hydrogens (tertiary/aromatic N) is 1. The highest BCUT2D eigenvalue weighted by atomic mass is 16.3. The van der Waals surface area contributed by atoms with Crippen LogP contribution in [0, 0.1) is 5.92 Å². The monoisotopic (exact) mass is 297 g/mol. The third kappa shape index (κ3) is 2.80. The molecule has 1 saturated heterocycles. The molecule has 2 N–H and O–H groups in total. The summed E-state index contributed by atoms with van der Waals surface area (Å²) in [6.45, 7) is 1.49. The molecule has 3 rings (SSSR count). The van der Waals surface area contributed by atoms with E-state index >= 15 is 0 Å². The Morgan fingerprint density at radius 2 is 1.64 bits per heavy atom. The van der Waals surface area contributed by atoms with Gasteiger partial charge in [0.25, 0.3) is 0 Å². The Kier molecular flexibility index (Phi) is 4.30. The van der Waals surface area contributed by atoms with Gasteiger partial charge in [-0.15, -0.1) is 0 Å². The van der Waals surface area contributed by atoms with E-state index in [0.29, 0.717) is 13.0 Å². The average Bonchev–Trinajstić information content (AvgIpc) is 2.58. The summed E-state index contributed by atoms with van der Waals surface area (Å²) in [7, 11) is 2.04. The largest absolute Gasteiger partial charge is 0.388 e. The van der Waals surface area contributed by atoms with Gasteiger partial charge in [0.2, 0.25) is 0 Å². The van der Waals surface area contributed by atoms with Gasteiger partial charge in [0.05, 0.1) is 11.7 Å². The van der Waals surface area contributed by atoms with Crippen molar-refractivity contribution in [2.24, 2.45) is 5.92 Å². The summed E-state index contributed by atoms with van der Waals surface area (Å²) in [4.78, 5) is 2.17. The summed E-state index contributed by atoms with van der Waals surface area (Å²) in [6.07, 6.45) is -0.0589. The lowest BCUT2D eigenvalue weighted by Gasteiger charge is -2.46. The normalized spacial score (nSPS) is 27.5. The molecule has 3 heteroatoms. The van der Waals surface area contributed by atoms with E-state index in [1.165, 1.54) is 0 Å². The molecule has 0 unspecified atom stereocenters. The van der Waals surface area contributed by atoms with Crippen LogP contribution in [0.4, 0.5) is 0 Å². The molecule has 0 spiro atoms. The van der Waals surface area contributed by atoms with Crippen molar-refractivity contribution < 1.29 is 10.2 Å². The molecular formula is C19H23NO2. The third-order valence-electron chi connectivity index (χ3n) is 4.79. The Bertz CT molecular complexity index is 601. The van der Waals surface area contributed by atoms with Crippen molar-refractivity contribution in [1.82, 2.24) is 4.90 Å². The van der Waals surface area contributed by atoms with Crippen molar-refractivity contribution in [2.45, 2.75) is 18.1 Å². The number of hydrogen-bond donors (Lipinski definition) is 2. The summed E-state index contributed by atoms with van der Waals surface area (Å²) in [5.74, 6) is -0.254. The van der Waals surface area contributed by atoms with Gasteiger partial charge in [0, 0.05) is 19.0 Å². The Balaban J connectivity index is 1.97. The van der Waals surface area contributed by atoms with Crippen molar-refractivity contribution in [3.63, 3.8) is 0 Å². The number of piperidine rings is 1. The molecule has 0 aromatic heterocycles. The van der Waals surface area contributed by atoms with Crippen molar-refractivity contribution >= 4 is 0 Å². The minimum atomic E-state index is -0.997. The van der Waals surface area contributed by atoms with E-state index in [-0.39, 0.29) is 5.92 Å². The van der Waals surface area contributed by atoms with Gasteiger partial charge in [-0.2, -0.15) is 0 Å². The molecule has 0 bridgehead atoms. The fourth-order valence-corrected chi connectivity index (χ4v) is 3.45. The molecule has 0 aliphatic carbocycles. The van der Waals surface area contributed by atoms with Crippen molar-refractivity contribution in [1.29, 1.82) is 0 Å². The van der Waals surface area contributed by atoms with Gasteiger partial charge in [-0.05, 0) is 24.6 Å². The van der Waals surface area contributed by atoms with Crippen LogP contribution in [0.5, 0.6) is 0 Å². The number of benzene rings is 2. The van der Waals surface area contributed by atoms with Gasteiger partial charge in [-0.1, -0.05) is 60.7 Å². The molecule has 2 aromatic carbocycles. The fourth-order valence-electron chi connectivity index (χ4n) is 3.45. The second-order valence-corrected chi connectivity index (χ2v) is 6.26. The molecule has 2 aromatic rings. The first-order valence-corrected chi connectivity index (χ1v) is 7.81. The van der Waals surface area contributed by atoms with Crippen LogP contribution in [-0.2, 0) is 5.60 Å². The van der Waals surface area contributed by atoms with Gasteiger partial charge in [0.1, 0.15) is 0 Å². The van der Waals surface area contributed by atoms with Crippen molar-refractivity contribution in [2.75, 3.05) is 20.1 Å². The maximum absolute atomic E-state index is 11.4. The molecule has 1 aliphatic heterocycles. The summed E-state index contributed by atoms with van der Waals surface area (Å²) in [5, 5.41) is 22.2. The van der Waals surface area contributed by atoms with Crippen LogP contribution in [0.3, 0.4) is 0 Å². The van der Waals surface area contributed by atoms with E-state index in [1.807, 2.05) is 67.7 Å². The van der Waals surface area contributed by atoms with Crippen molar-refractivity contribution in [3.8, 4) is 0 Å². The average molecular weight is 297 g/mol. The number of aliphatic hydroxyl groups excluding tert-OH is 1. The molecular weight excluding hydrogens is 274 g/mol. The van der Waals surface area contributed by atoms with Crippen LogP contribution in [-0.4, -0.2) is 35.3 Å². The Morgan fingerprint density at radius 1 is 1.05 bits per heavy atom. The summed E-state index contributed by atoms with van der Waals surface area (Å²) in [6, 6.07) is 19.4. The van der Waals surface area contributed by atoms with Gasteiger partial charge in [-0.25, -0.2) is 0 Å². The fraction of sp³-hybridized carbons (Fsp3) is 0.368. The van der Waals surface area contributed by atoms with E-state index in [9.17, 15) is 10.2 Å². The van der Waals surface area contributed by atoms with Crippen LogP contribution in [0.15, 0.2) is 60.7 Å². The van der Waals surface area contributed by atoms with Crippen LogP contribution in [0.2, 0.25) is 0 Å². The maximum atomic E-state index is 11.4. The Labute approximate surface area is 131 Å². The van der Waals surface area contributed by atoms with E-state index < -0.39 is 11.7 Å². The first kappa shape index (κ1) is 15.2. The lowest BCUT2D eigenvalue weighted by Crippen LogP contribution is -2.51. The Hall–Kier alpha value is -1.68. The summed E-state index contributed by atoms with van der Waals surface area (Å²) >= 11 is 0. The highest BCUT2D eigenvalue weighted by Crippen LogP contribution is 2.43. The number of rotatable bonds is 3. The molecule has 3 nitrogen and oxygen atoms in total. The SMILES string of the molecule is CN1CC[C@@](O)(c2ccccc2)[C@H]([C@H](O)c2ccccc2)C1. The minimum absolute atomic E-state index is 0.254. The molecule has 0 amide bonds. The highest BCUT2D eigenvalue weighted by molar-refractivity contribution is 5.27.